The molecule has 2 saturated heterocycles. The molecule has 1 N–H and O–H groups in total. The Bertz CT molecular complexity index is 436. The lowest BCUT2D eigenvalue weighted by Gasteiger charge is -2.36. The standard InChI is InChI=1S/C14H26N2O3S/c1-15-7-5-13-4-2-3-8-16(13)14(17)10-12-6-9-20(18,19)11-12/h12-13,15H,2-11H2,1H3. The van der Waals surface area contributed by atoms with Crippen LogP contribution < -0.4 is 5.32 Å². The van der Waals surface area contributed by atoms with Crippen molar-refractivity contribution in [2.24, 2.45) is 5.92 Å². The van der Waals surface area contributed by atoms with Crippen LogP contribution in [-0.2, 0) is 14.6 Å². The van der Waals surface area contributed by atoms with Crippen LogP contribution in [0.25, 0.3) is 0 Å². The molecule has 0 bridgehead atoms. The van der Waals surface area contributed by atoms with Gasteiger partial charge in [-0.05, 0) is 51.6 Å². The molecule has 2 fully saturated rings. The van der Waals surface area contributed by atoms with E-state index >= 15 is 0 Å². The summed E-state index contributed by atoms with van der Waals surface area (Å²) in [6.45, 7) is 1.76. The molecule has 5 nitrogen and oxygen atoms in total. The minimum absolute atomic E-state index is 0.0411. The Kier molecular flexibility index (Phi) is 5.43. The quantitative estimate of drug-likeness (QED) is 0.816. The minimum Gasteiger partial charge on any atom is -0.340 e. The maximum Gasteiger partial charge on any atom is 0.223 e. The normalized spacial score (nSPS) is 29.6. The van der Waals surface area contributed by atoms with Gasteiger partial charge in [-0.2, -0.15) is 0 Å². The highest BCUT2D eigenvalue weighted by atomic mass is 32.2. The molecule has 0 spiro atoms. The molecule has 2 rings (SSSR count). The van der Waals surface area contributed by atoms with Crippen molar-refractivity contribution in [3.8, 4) is 0 Å². The summed E-state index contributed by atoms with van der Waals surface area (Å²) in [5, 5.41) is 3.14. The summed E-state index contributed by atoms with van der Waals surface area (Å²) >= 11 is 0. The van der Waals surface area contributed by atoms with Gasteiger partial charge < -0.3 is 10.2 Å². The zero-order valence-corrected chi connectivity index (χ0v) is 13.1. The lowest BCUT2D eigenvalue weighted by Crippen LogP contribution is -2.45. The summed E-state index contributed by atoms with van der Waals surface area (Å²) in [6, 6.07) is 0.335. The Balaban J connectivity index is 1.89. The average molecular weight is 302 g/mol. The van der Waals surface area contributed by atoms with Crippen molar-refractivity contribution in [2.75, 3.05) is 31.6 Å². The molecular formula is C14H26N2O3S. The van der Waals surface area contributed by atoms with Gasteiger partial charge in [-0.3, -0.25) is 4.79 Å². The summed E-state index contributed by atoms with van der Waals surface area (Å²) in [5.41, 5.74) is 0. The highest BCUT2D eigenvalue weighted by Crippen LogP contribution is 2.25. The van der Waals surface area contributed by atoms with Crippen LogP contribution in [0.3, 0.4) is 0 Å². The van der Waals surface area contributed by atoms with Gasteiger partial charge in [0.15, 0.2) is 9.84 Å². The second-order valence-electron chi connectivity index (χ2n) is 6.10. The van der Waals surface area contributed by atoms with Crippen molar-refractivity contribution in [3.05, 3.63) is 0 Å². The predicted molar refractivity (Wildman–Crippen MR) is 79.3 cm³/mol. The molecule has 0 radical (unpaired) electrons. The Morgan fingerprint density at radius 2 is 2.10 bits per heavy atom. The number of amides is 1. The molecule has 1 amide bonds. The number of carbonyl (C=O) groups is 1. The smallest absolute Gasteiger partial charge is 0.223 e. The van der Waals surface area contributed by atoms with Crippen molar-refractivity contribution in [1.29, 1.82) is 0 Å². The van der Waals surface area contributed by atoms with E-state index in [0.717, 1.165) is 32.4 Å². The number of likely N-dealkylation sites (tertiary alicyclic amines) is 1. The van der Waals surface area contributed by atoms with Crippen molar-refractivity contribution < 1.29 is 13.2 Å². The molecule has 0 aromatic heterocycles. The Morgan fingerprint density at radius 1 is 1.30 bits per heavy atom. The van der Waals surface area contributed by atoms with E-state index in [0.29, 0.717) is 18.9 Å². The summed E-state index contributed by atoms with van der Waals surface area (Å²) in [4.78, 5) is 14.5. The molecule has 0 saturated carbocycles. The van der Waals surface area contributed by atoms with Gasteiger partial charge in [0.1, 0.15) is 0 Å². The number of piperidine rings is 1. The molecule has 2 unspecified atom stereocenters. The first-order valence-electron chi connectivity index (χ1n) is 7.66. The van der Waals surface area contributed by atoms with Gasteiger partial charge in [0.25, 0.3) is 0 Å². The van der Waals surface area contributed by atoms with E-state index in [9.17, 15) is 13.2 Å². The van der Waals surface area contributed by atoms with Crippen LogP contribution in [0.2, 0.25) is 0 Å². The summed E-state index contributed by atoms with van der Waals surface area (Å²) in [6.07, 6.45) is 5.40. The highest BCUT2D eigenvalue weighted by Gasteiger charge is 2.33. The van der Waals surface area contributed by atoms with Gasteiger partial charge in [-0.15, -0.1) is 0 Å². The summed E-state index contributed by atoms with van der Waals surface area (Å²) in [7, 11) is -0.951. The fraction of sp³-hybridized carbons (Fsp3) is 0.929. The average Bonchev–Trinajstić information content (AvgIpc) is 2.76. The summed E-state index contributed by atoms with van der Waals surface area (Å²) in [5.74, 6) is 0.661. The molecule has 0 aromatic rings. The van der Waals surface area contributed by atoms with Crippen molar-refractivity contribution in [3.63, 3.8) is 0 Å². The summed E-state index contributed by atoms with van der Waals surface area (Å²) < 4.78 is 22.9. The Morgan fingerprint density at radius 3 is 2.75 bits per heavy atom. The van der Waals surface area contributed by atoms with E-state index in [1.807, 2.05) is 11.9 Å². The van der Waals surface area contributed by atoms with Crippen molar-refractivity contribution >= 4 is 15.7 Å². The second kappa shape index (κ2) is 6.89. The number of carbonyl (C=O) groups excluding carboxylic acids is 1. The third-order valence-electron chi connectivity index (χ3n) is 4.47. The minimum atomic E-state index is -2.88. The van der Waals surface area contributed by atoms with E-state index in [1.165, 1.54) is 6.42 Å². The predicted octanol–water partition coefficient (Wildman–Crippen LogP) is 0.802. The first-order valence-corrected chi connectivity index (χ1v) is 9.48. The third-order valence-corrected chi connectivity index (χ3v) is 6.30. The molecular weight excluding hydrogens is 276 g/mol. The van der Waals surface area contributed by atoms with Gasteiger partial charge in [-0.25, -0.2) is 8.42 Å². The first-order chi connectivity index (χ1) is 9.52. The van der Waals surface area contributed by atoms with E-state index in [2.05, 4.69) is 5.32 Å². The van der Waals surface area contributed by atoms with Gasteiger partial charge in [0, 0.05) is 19.0 Å². The van der Waals surface area contributed by atoms with Crippen LogP contribution in [-0.4, -0.2) is 56.9 Å². The van der Waals surface area contributed by atoms with Gasteiger partial charge in [-0.1, -0.05) is 0 Å². The van der Waals surface area contributed by atoms with Crippen LogP contribution in [0, 0.1) is 5.92 Å². The second-order valence-corrected chi connectivity index (χ2v) is 8.33. The SMILES string of the molecule is CNCCC1CCCCN1C(=O)CC1CCS(=O)(=O)C1. The van der Waals surface area contributed by atoms with Crippen LogP contribution in [0.1, 0.15) is 38.5 Å². The molecule has 2 atom stereocenters. The van der Waals surface area contributed by atoms with Crippen LogP contribution in [0.15, 0.2) is 0 Å². The topological polar surface area (TPSA) is 66.5 Å². The third kappa shape index (κ3) is 4.19. The van der Waals surface area contributed by atoms with E-state index < -0.39 is 9.84 Å². The molecule has 0 aromatic carbocycles. The number of nitrogens with zero attached hydrogens (tertiary/aromatic N) is 1. The van der Waals surface area contributed by atoms with Gasteiger partial charge in [0.2, 0.25) is 5.91 Å². The first kappa shape index (κ1) is 15.8. The number of hydrogen-bond donors (Lipinski definition) is 1. The Hall–Kier alpha value is -0.620. The number of nitrogens with one attached hydrogen (secondary N) is 1. The van der Waals surface area contributed by atoms with Crippen LogP contribution >= 0.6 is 0 Å². The molecule has 116 valence electrons. The lowest BCUT2D eigenvalue weighted by molar-refractivity contribution is -0.135. The lowest BCUT2D eigenvalue weighted by atomic mass is 9.97. The van der Waals surface area contributed by atoms with Crippen molar-refractivity contribution in [1.82, 2.24) is 10.2 Å². The van der Waals surface area contributed by atoms with Crippen molar-refractivity contribution in [2.45, 2.75) is 44.6 Å². The fourth-order valence-electron chi connectivity index (χ4n) is 3.34. The fourth-order valence-corrected chi connectivity index (χ4v) is 5.20. The highest BCUT2D eigenvalue weighted by molar-refractivity contribution is 7.91. The Labute approximate surface area is 122 Å². The van der Waals surface area contributed by atoms with Crippen LogP contribution in [0.4, 0.5) is 0 Å². The van der Waals surface area contributed by atoms with E-state index in [4.69, 9.17) is 0 Å². The monoisotopic (exact) mass is 302 g/mol. The number of rotatable bonds is 5. The number of hydrogen-bond acceptors (Lipinski definition) is 4. The molecule has 0 aliphatic carbocycles. The van der Waals surface area contributed by atoms with Gasteiger partial charge >= 0.3 is 0 Å². The van der Waals surface area contributed by atoms with E-state index in [1.54, 1.807) is 0 Å². The maximum absolute atomic E-state index is 12.4. The zero-order chi connectivity index (χ0) is 14.6. The van der Waals surface area contributed by atoms with Crippen LogP contribution in [0.5, 0.6) is 0 Å². The van der Waals surface area contributed by atoms with E-state index in [-0.39, 0.29) is 23.3 Å². The molecule has 20 heavy (non-hydrogen) atoms. The zero-order valence-electron chi connectivity index (χ0n) is 12.3. The van der Waals surface area contributed by atoms with Gasteiger partial charge in [0.05, 0.1) is 11.5 Å². The molecule has 6 heteroatoms. The largest absolute Gasteiger partial charge is 0.340 e. The molecule has 2 aliphatic heterocycles. The molecule has 2 aliphatic rings. The molecule has 2 heterocycles. The maximum atomic E-state index is 12.4. The number of sulfone groups is 1.